The van der Waals surface area contributed by atoms with Crippen molar-refractivity contribution in [3.63, 3.8) is 0 Å². The molecule has 2 aliphatic rings. The van der Waals surface area contributed by atoms with E-state index in [4.69, 9.17) is 5.73 Å². The summed E-state index contributed by atoms with van der Waals surface area (Å²) in [6, 6.07) is 6.53. The van der Waals surface area contributed by atoms with Crippen LogP contribution in [0.25, 0.3) is 0 Å². The summed E-state index contributed by atoms with van der Waals surface area (Å²) in [5, 5.41) is 0. The second-order valence-electron chi connectivity index (χ2n) is 6.73. The van der Waals surface area contributed by atoms with Gasteiger partial charge in [0.2, 0.25) is 5.91 Å². The fraction of sp³-hybridized carbons (Fsp3) is 0.611. The predicted molar refractivity (Wildman–Crippen MR) is 105 cm³/mol. The second-order valence-corrected chi connectivity index (χ2v) is 6.73. The van der Waals surface area contributed by atoms with Crippen LogP contribution in [0.3, 0.4) is 0 Å². The van der Waals surface area contributed by atoms with Gasteiger partial charge in [-0.15, -0.1) is 24.8 Å². The van der Waals surface area contributed by atoms with Gasteiger partial charge in [-0.05, 0) is 43.9 Å². The standard InChI is InChI=1S/C18H27N3O.2ClH/c1-13-5-3-8-17(14(13)2)20-9-11-21(12-10-20)18(22)15-6-4-7-16(15)19;;/h3,5,8,15-16H,4,6-7,9-12,19H2,1-2H3;2*1H. The molecule has 2 atom stereocenters. The summed E-state index contributed by atoms with van der Waals surface area (Å²) < 4.78 is 0. The van der Waals surface area contributed by atoms with Crippen molar-refractivity contribution in [3.8, 4) is 0 Å². The van der Waals surface area contributed by atoms with Crippen molar-refractivity contribution in [1.29, 1.82) is 0 Å². The van der Waals surface area contributed by atoms with Gasteiger partial charge in [-0.2, -0.15) is 0 Å². The van der Waals surface area contributed by atoms with E-state index in [1.807, 2.05) is 4.90 Å². The highest BCUT2D eigenvalue weighted by Crippen LogP contribution is 2.28. The van der Waals surface area contributed by atoms with Crippen LogP contribution in [0, 0.1) is 19.8 Å². The number of carbonyl (C=O) groups is 1. The summed E-state index contributed by atoms with van der Waals surface area (Å²) in [6.07, 6.45) is 3.07. The molecule has 0 aromatic heterocycles. The summed E-state index contributed by atoms with van der Waals surface area (Å²) in [7, 11) is 0. The highest BCUT2D eigenvalue weighted by molar-refractivity contribution is 5.85. The van der Waals surface area contributed by atoms with Gasteiger partial charge in [-0.3, -0.25) is 4.79 Å². The highest BCUT2D eigenvalue weighted by Gasteiger charge is 2.34. The Morgan fingerprint density at radius 1 is 1.08 bits per heavy atom. The quantitative estimate of drug-likeness (QED) is 0.866. The van der Waals surface area contributed by atoms with Crippen LogP contribution in [0.2, 0.25) is 0 Å². The first-order valence-corrected chi connectivity index (χ1v) is 8.43. The van der Waals surface area contributed by atoms with E-state index in [-0.39, 0.29) is 42.7 Å². The van der Waals surface area contributed by atoms with Crippen LogP contribution in [-0.4, -0.2) is 43.0 Å². The van der Waals surface area contributed by atoms with E-state index in [0.29, 0.717) is 0 Å². The van der Waals surface area contributed by atoms with E-state index in [0.717, 1.165) is 45.4 Å². The molecule has 6 heteroatoms. The molecule has 1 saturated heterocycles. The molecule has 0 bridgehead atoms. The zero-order chi connectivity index (χ0) is 15.7. The Bertz CT molecular complexity index is 559. The van der Waals surface area contributed by atoms with E-state index >= 15 is 0 Å². The van der Waals surface area contributed by atoms with Gasteiger partial charge in [0.25, 0.3) is 0 Å². The molecular formula is C18H29Cl2N3O. The van der Waals surface area contributed by atoms with Crippen LogP contribution in [0.15, 0.2) is 18.2 Å². The zero-order valence-corrected chi connectivity index (χ0v) is 16.2. The first kappa shape index (κ1) is 21.1. The number of carbonyl (C=O) groups excluding carboxylic acids is 1. The Labute approximate surface area is 157 Å². The Hall–Kier alpha value is -0.970. The van der Waals surface area contributed by atoms with Crippen LogP contribution in [-0.2, 0) is 4.79 Å². The minimum Gasteiger partial charge on any atom is -0.368 e. The molecule has 2 fully saturated rings. The van der Waals surface area contributed by atoms with Crippen molar-refractivity contribution < 1.29 is 4.79 Å². The fourth-order valence-corrected chi connectivity index (χ4v) is 3.78. The van der Waals surface area contributed by atoms with Crippen molar-refractivity contribution in [2.75, 3.05) is 31.1 Å². The molecule has 1 amide bonds. The summed E-state index contributed by atoms with van der Waals surface area (Å²) >= 11 is 0. The number of rotatable bonds is 2. The maximum atomic E-state index is 12.6. The predicted octanol–water partition coefficient (Wildman–Crippen LogP) is 2.92. The Morgan fingerprint density at radius 3 is 2.33 bits per heavy atom. The van der Waals surface area contributed by atoms with Crippen LogP contribution in [0.1, 0.15) is 30.4 Å². The Balaban J connectivity index is 0.00000144. The summed E-state index contributed by atoms with van der Waals surface area (Å²) in [6.45, 7) is 7.79. The molecule has 1 aromatic rings. The van der Waals surface area contributed by atoms with Crippen molar-refractivity contribution in [2.24, 2.45) is 11.7 Å². The lowest BCUT2D eigenvalue weighted by Crippen LogP contribution is -2.52. The number of benzene rings is 1. The molecule has 0 radical (unpaired) electrons. The molecule has 2 unspecified atom stereocenters. The molecule has 1 aromatic carbocycles. The number of nitrogens with two attached hydrogens (primary N) is 1. The molecule has 24 heavy (non-hydrogen) atoms. The number of piperazine rings is 1. The number of aryl methyl sites for hydroxylation is 1. The summed E-state index contributed by atoms with van der Waals surface area (Å²) in [4.78, 5) is 17.0. The zero-order valence-electron chi connectivity index (χ0n) is 14.5. The monoisotopic (exact) mass is 373 g/mol. The van der Waals surface area contributed by atoms with Crippen LogP contribution in [0.5, 0.6) is 0 Å². The van der Waals surface area contributed by atoms with Gasteiger partial charge in [0.1, 0.15) is 0 Å². The topological polar surface area (TPSA) is 49.6 Å². The first-order valence-electron chi connectivity index (χ1n) is 8.43. The molecule has 1 saturated carbocycles. The van der Waals surface area contributed by atoms with Gasteiger partial charge in [0.05, 0.1) is 5.92 Å². The van der Waals surface area contributed by atoms with Crippen LogP contribution >= 0.6 is 24.8 Å². The summed E-state index contributed by atoms with van der Waals surface area (Å²) in [5.41, 5.74) is 10.1. The summed E-state index contributed by atoms with van der Waals surface area (Å²) in [5.74, 6) is 0.345. The van der Waals surface area contributed by atoms with Crippen molar-refractivity contribution >= 4 is 36.4 Å². The van der Waals surface area contributed by atoms with Crippen LogP contribution < -0.4 is 10.6 Å². The van der Waals surface area contributed by atoms with Crippen LogP contribution in [0.4, 0.5) is 5.69 Å². The molecular weight excluding hydrogens is 345 g/mol. The lowest BCUT2D eigenvalue weighted by molar-refractivity contribution is -0.136. The van der Waals surface area contributed by atoms with Gasteiger partial charge in [0, 0.05) is 37.9 Å². The van der Waals surface area contributed by atoms with Crippen molar-refractivity contribution in [3.05, 3.63) is 29.3 Å². The van der Waals surface area contributed by atoms with E-state index < -0.39 is 0 Å². The first-order chi connectivity index (χ1) is 10.6. The van der Waals surface area contributed by atoms with Crippen molar-refractivity contribution in [2.45, 2.75) is 39.2 Å². The Morgan fingerprint density at radius 2 is 1.75 bits per heavy atom. The maximum Gasteiger partial charge on any atom is 0.227 e. The van der Waals surface area contributed by atoms with Gasteiger partial charge in [-0.1, -0.05) is 18.6 Å². The maximum absolute atomic E-state index is 12.6. The molecule has 1 aliphatic heterocycles. The molecule has 4 nitrogen and oxygen atoms in total. The number of hydrogen-bond donors (Lipinski definition) is 1. The van der Waals surface area contributed by atoms with Gasteiger partial charge < -0.3 is 15.5 Å². The number of nitrogens with zero attached hydrogens (tertiary/aromatic N) is 2. The van der Waals surface area contributed by atoms with E-state index in [2.05, 4.69) is 36.9 Å². The molecule has 0 spiro atoms. The minimum absolute atomic E-state index is 0. The SMILES string of the molecule is Cc1cccc(N2CCN(C(=O)C3CCCC3N)CC2)c1C.Cl.Cl. The molecule has 2 N–H and O–H groups in total. The number of halogens is 2. The minimum atomic E-state index is 0. The lowest BCUT2D eigenvalue weighted by Gasteiger charge is -2.38. The highest BCUT2D eigenvalue weighted by atomic mass is 35.5. The van der Waals surface area contributed by atoms with Gasteiger partial charge in [0.15, 0.2) is 0 Å². The third-order valence-electron chi connectivity index (χ3n) is 5.39. The molecule has 3 rings (SSSR count). The average Bonchev–Trinajstić information content (AvgIpc) is 2.96. The number of hydrogen-bond acceptors (Lipinski definition) is 3. The van der Waals surface area contributed by atoms with Crippen molar-refractivity contribution in [1.82, 2.24) is 4.90 Å². The lowest BCUT2D eigenvalue weighted by atomic mass is 10.0. The Kier molecular flexibility index (Phi) is 7.84. The van der Waals surface area contributed by atoms with E-state index in [9.17, 15) is 4.79 Å². The van der Waals surface area contributed by atoms with E-state index in [1.165, 1.54) is 16.8 Å². The third kappa shape index (κ3) is 4.16. The largest absolute Gasteiger partial charge is 0.368 e. The second kappa shape index (κ2) is 8.93. The molecule has 136 valence electrons. The fourth-order valence-electron chi connectivity index (χ4n) is 3.78. The van der Waals surface area contributed by atoms with Gasteiger partial charge >= 0.3 is 0 Å². The number of amides is 1. The normalized spacial score (nSPS) is 23.5. The number of anilines is 1. The molecule has 1 aliphatic carbocycles. The molecule has 1 heterocycles. The van der Waals surface area contributed by atoms with Gasteiger partial charge in [-0.25, -0.2) is 0 Å². The van der Waals surface area contributed by atoms with E-state index in [1.54, 1.807) is 0 Å². The third-order valence-corrected chi connectivity index (χ3v) is 5.39. The smallest absolute Gasteiger partial charge is 0.227 e. The average molecular weight is 374 g/mol.